The van der Waals surface area contributed by atoms with Gasteiger partial charge in [0.25, 0.3) is 5.91 Å². The molecule has 1 N–H and O–H groups in total. The zero-order chi connectivity index (χ0) is 16.4. The van der Waals surface area contributed by atoms with Crippen molar-refractivity contribution in [2.24, 2.45) is 0 Å². The average Bonchev–Trinajstić information content (AvgIpc) is 3.34. The summed E-state index contributed by atoms with van der Waals surface area (Å²) in [5.74, 6) is 0.284. The predicted octanol–water partition coefficient (Wildman–Crippen LogP) is 1.89. The van der Waals surface area contributed by atoms with Crippen LogP contribution in [0.5, 0.6) is 0 Å². The highest BCUT2D eigenvalue weighted by Gasteiger charge is 2.46. The third-order valence-electron chi connectivity index (χ3n) is 6.13. The van der Waals surface area contributed by atoms with Crippen LogP contribution in [-0.4, -0.2) is 70.8 Å². The highest BCUT2D eigenvalue weighted by atomic mass is 35.5. The maximum absolute atomic E-state index is 13.5. The van der Waals surface area contributed by atoms with E-state index in [1.54, 1.807) is 6.20 Å². The van der Waals surface area contributed by atoms with Crippen LogP contribution in [0.2, 0.25) is 0 Å². The van der Waals surface area contributed by atoms with Crippen molar-refractivity contribution < 1.29 is 4.79 Å². The predicted molar refractivity (Wildman–Crippen MR) is 107 cm³/mol. The smallest absolute Gasteiger partial charge is 0.250 e. The summed E-state index contributed by atoms with van der Waals surface area (Å²) < 4.78 is 1.92. The van der Waals surface area contributed by atoms with Crippen molar-refractivity contribution >= 4 is 30.7 Å². The molecule has 148 valence electrons. The molecule has 0 bridgehead atoms. The van der Waals surface area contributed by atoms with E-state index >= 15 is 0 Å². The third kappa shape index (κ3) is 4.03. The first-order chi connectivity index (χ1) is 11.8. The molecule has 3 fully saturated rings. The van der Waals surface area contributed by atoms with Crippen LogP contribution in [0.4, 0.5) is 0 Å². The molecule has 0 aliphatic carbocycles. The fraction of sp³-hybridized carbons (Fsp3) is 0.778. The van der Waals surface area contributed by atoms with Gasteiger partial charge in [-0.2, -0.15) is 5.10 Å². The van der Waals surface area contributed by atoms with Crippen molar-refractivity contribution in [3.05, 3.63) is 18.5 Å². The van der Waals surface area contributed by atoms with Gasteiger partial charge in [-0.25, -0.2) is 0 Å². The Morgan fingerprint density at radius 2 is 1.81 bits per heavy atom. The Balaban J connectivity index is 0.00000121. The quantitative estimate of drug-likeness (QED) is 0.836. The van der Waals surface area contributed by atoms with Gasteiger partial charge >= 0.3 is 0 Å². The lowest BCUT2D eigenvalue weighted by atomic mass is 9.87. The Morgan fingerprint density at radius 1 is 1.08 bits per heavy atom. The Hall–Kier alpha value is -0.820. The number of halogens is 2. The summed E-state index contributed by atoms with van der Waals surface area (Å²) in [7, 11) is 0. The maximum Gasteiger partial charge on any atom is 0.250 e. The number of hydrogen-bond donors (Lipinski definition) is 1. The largest absolute Gasteiger partial charge is 0.339 e. The fourth-order valence-electron chi connectivity index (χ4n) is 4.71. The number of likely N-dealkylation sites (tertiary alicyclic amines) is 2. The van der Waals surface area contributed by atoms with E-state index in [4.69, 9.17) is 0 Å². The molecule has 0 spiro atoms. The molecule has 4 rings (SSSR count). The fourth-order valence-corrected chi connectivity index (χ4v) is 4.71. The van der Waals surface area contributed by atoms with Gasteiger partial charge in [-0.05, 0) is 64.3 Å². The molecule has 3 aliphatic rings. The van der Waals surface area contributed by atoms with Crippen LogP contribution in [0.1, 0.15) is 38.5 Å². The van der Waals surface area contributed by atoms with Crippen LogP contribution in [0, 0.1) is 0 Å². The molecular weight excluding hydrogens is 373 g/mol. The molecule has 3 aliphatic heterocycles. The first-order valence-electron chi connectivity index (χ1n) is 9.54. The number of hydrogen-bond acceptors (Lipinski definition) is 4. The number of carbonyl (C=O) groups excluding carboxylic acids is 1. The summed E-state index contributed by atoms with van der Waals surface area (Å²) >= 11 is 0. The molecule has 4 heterocycles. The summed E-state index contributed by atoms with van der Waals surface area (Å²) in [6.45, 7) is 5.98. The lowest BCUT2D eigenvalue weighted by molar-refractivity contribution is -0.142. The zero-order valence-electron chi connectivity index (χ0n) is 15.3. The van der Waals surface area contributed by atoms with E-state index in [-0.39, 0.29) is 30.7 Å². The van der Waals surface area contributed by atoms with E-state index in [1.807, 2.05) is 16.9 Å². The third-order valence-corrected chi connectivity index (χ3v) is 6.13. The molecule has 0 aromatic carbocycles. The SMILES string of the molecule is Cl.Cl.O=C(N1CCC(N2CCCCC2)C1)C1(n2cccn2)CCNCC1. The summed E-state index contributed by atoms with van der Waals surface area (Å²) in [5.41, 5.74) is -0.481. The van der Waals surface area contributed by atoms with Gasteiger partial charge in [0.2, 0.25) is 0 Å². The van der Waals surface area contributed by atoms with Crippen molar-refractivity contribution in [2.75, 3.05) is 39.3 Å². The maximum atomic E-state index is 13.5. The van der Waals surface area contributed by atoms with Crippen LogP contribution < -0.4 is 5.32 Å². The Kier molecular flexibility index (Phi) is 7.76. The Morgan fingerprint density at radius 3 is 2.46 bits per heavy atom. The van der Waals surface area contributed by atoms with E-state index in [2.05, 4.69) is 20.2 Å². The van der Waals surface area contributed by atoms with E-state index in [9.17, 15) is 4.79 Å². The second-order valence-corrected chi connectivity index (χ2v) is 7.52. The van der Waals surface area contributed by atoms with Crippen LogP contribution in [0.25, 0.3) is 0 Å². The molecule has 1 aromatic heterocycles. The molecule has 8 heteroatoms. The molecular formula is C18H31Cl2N5O. The number of piperidine rings is 2. The number of aromatic nitrogens is 2. The lowest BCUT2D eigenvalue weighted by Crippen LogP contribution is -2.55. The normalized spacial score (nSPS) is 26.0. The van der Waals surface area contributed by atoms with Gasteiger partial charge in [-0.15, -0.1) is 24.8 Å². The van der Waals surface area contributed by atoms with Crippen LogP contribution in [-0.2, 0) is 10.3 Å². The summed E-state index contributed by atoms with van der Waals surface area (Å²) in [6, 6.07) is 2.49. The first-order valence-corrected chi connectivity index (χ1v) is 9.54. The van der Waals surface area contributed by atoms with E-state index < -0.39 is 5.54 Å². The minimum atomic E-state index is -0.481. The van der Waals surface area contributed by atoms with Gasteiger partial charge in [-0.1, -0.05) is 6.42 Å². The van der Waals surface area contributed by atoms with Gasteiger partial charge < -0.3 is 10.2 Å². The number of rotatable bonds is 3. The highest BCUT2D eigenvalue weighted by Crippen LogP contribution is 2.31. The molecule has 26 heavy (non-hydrogen) atoms. The standard InChI is InChI=1S/C18H29N5O.2ClH/c24-17(18(6-9-19-10-7-18)23-13-4-8-20-23)22-14-5-16(15-22)21-11-2-1-3-12-21;;/h4,8,13,16,19H,1-3,5-7,9-12,14-15H2;2*1H. The molecule has 6 nitrogen and oxygen atoms in total. The van der Waals surface area contributed by atoms with Gasteiger partial charge in [0.1, 0.15) is 5.54 Å². The van der Waals surface area contributed by atoms with Crippen LogP contribution >= 0.6 is 24.8 Å². The van der Waals surface area contributed by atoms with Crippen molar-refractivity contribution in [3.8, 4) is 0 Å². The van der Waals surface area contributed by atoms with Crippen molar-refractivity contribution in [3.63, 3.8) is 0 Å². The van der Waals surface area contributed by atoms with Crippen LogP contribution in [0.15, 0.2) is 18.5 Å². The molecule has 1 unspecified atom stereocenters. The molecule has 3 saturated heterocycles. The Labute approximate surface area is 168 Å². The van der Waals surface area contributed by atoms with Gasteiger partial charge in [-0.3, -0.25) is 14.4 Å². The molecule has 1 amide bonds. The van der Waals surface area contributed by atoms with Gasteiger partial charge in [0.15, 0.2) is 0 Å². The zero-order valence-corrected chi connectivity index (χ0v) is 16.9. The monoisotopic (exact) mass is 403 g/mol. The van der Waals surface area contributed by atoms with Crippen molar-refractivity contribution in [1.29, 1.82) is 0 Å². The second-order valence-electron chi connectivity index (χ2n) is 7.52. The number of carbonyl (C=O) groups is 1. The van der Waals surface area contributed by atoms with Crippen LogP contribution in [0.3, 0.4) is 0 Å². The average molecular weight is 404 g/mol. The lowest BCUT2D eigenvalue weighted by Gasteiger charge is -2.39. The van der Waals surface area contributed by atoms with Crippen molar-refractivity contribution in [2.45, 2.75) is 50.1 Å². The van der Waals surface area contributed by atoms with Crippen molar-refractivity contribution in [1.82, 2.24) is 24.9 Å². The van der Waals surface area contributed by atoms with Gasteiger partial charge in [0.05, 0.1) is 0 Å². The highest BCUT2D eigenvalue weighted by molar-refractivity contribution is 5.86. The topological polar surface area (TPSA) is 53.4 Å². The molecule has 1 atom stereocenters. The second kappa shape index (κ2) is 9.40. The first kappa shape index (κ1) is 21.5. The van der Waals surface area contributed by atoms with E-state index in [0.29, 0.717) is 6.04 Å². The summed E-state index contributed by atoms with van der Waals surface area (Å²) in [4.78, 5) is 18.2. The minimum Gasteiger partial charge on any atom is -0.339 e. The summed E-state index contributed by atoms with van der Waals surface area (Å²) in [6.07, 6.45) is 10.5. The number of amides is 1. The number of nitrogens with zero attached hydrogens (tertiary/aromatic N) is 4. The number of nitrogens with one attached hydrogen (secondary N) is 1. The molecule has 0 radical (unpaired) electrons. The van der Waals surface area contributed by atoms with E-state index in [0.717, 1.165) is 45.4 Å². The Bertz CT molecular complexity index is 556. The van der Waals surface area contributed by atoms with E-state index in [1.165, 1.54) is 32.4 Å². The molecule has 0 saturated carbocycles. The minimum absolute atomic E-state index is 0. The summed E-state index contributed by atoms with van der Waals surface area (Å²) in [5, 5.41) is 7.83. The van der Waals surface area contributed by atoms with Gasteiger partial charge in [0, 0.05) is 31.5 Å². The molecule has 1 aromatic rings.